The number of hydrogen-bond acceptors (Lipinski definition) is 3. The van der Waals surface area contributed by atoms with Crippen LogP contribution in [0.15, 0.2) is 30.5 Å². The Morgan fingerprint density at radius 2 is 1.77 bits per heavy atom. The van der Waals surface area contributed by atoms with Crippen LogP contribution in [-0.4, -0.2) is 23.3 Å². The van der Waals surface area contributed by atoms with Gasteiger partial charge in [-0.15, -0.1) is 0 Å². The number of rotatable bonds is 2. The van der Waals surface area contributed by atoms with Crippen LogP contribution in [0.25, 0.3) is 10.9 Å². The van der Waals surface area contributed by atoms with Crippen molar-refractivity contribution >= 4 is 18.0 Å². The van der Waals surface area contributed by atoms with E-state index in [1.165, 1.54) is 12.3 Å². The molecule has 2 heterocycles. The molecule has 2 aromatic rings. The lowest BCUT2D eigenvalue weighted by molar-refractivity contribution is -0.136. The van der Waals surface area contributed by atoms with E-state index < -0.39 is 22.9 Å². The van der Waals surface area contributed by atoms with Crippen molar-refractivity contribution < 1.29 is 22.5 Å². The molecule has 138 valence electrons. The zero-order valence-corrected chi connectivity index (χ0v) is 15.2. The van der Waals surface area contributed by atoms with E-state index in [0.29, 0.717) is 10.9 Å². The lowest BCUT2D eigenvalue weighted by Gasteiger charge is -2.32. The second kappa shape index (κ2) is 5.46. The number of fused-ring (bicyclic) bond motifs is 1. The van der Waals surface area contributed by atoms with Gasteiger partial charge in [0.05, 0.1) is 22.3 Å². The number of pyridine rings is 1. The van der Waals surface area contributed by atoms with E-state index in [0.717, 1.165) is 6.42 Å². The number of halogens is 3. The van der Waals surface area contributed by atoms with Crippen molar-refractivity contribution in [2.24, 2.45) is 0 Å². The van der Waals surface area contributed by atoms with Gasteiger partial charge in [-0.05, 0) is 63.8 Å². The minimum Gasteiger partial charge on any atom is -0.403 e. The Labute approximate surface area is 151 Å². The van der Waals surface area contributed by atoms with Crippen LogP contribution >= 0.6 is 0 Å². The molecular weight excluding hydrogens is 342 g/mol. The Bertz CT molecular complexity index is 849. The number of alkyl halides is 3. The van der Waals surface area contributed by atoms with E-state index in [1.807, 2.05) is 33.8 Å². The molecule has 0 unspecified atom stereocenters. The van der Waals surface area contributed by atoms with E-state index in [2.05, 4.69) is 4.98 Å². The molecule has 2 aliphatic rings. The second-order valence-corrected chi connectivity index (χ2v) is 8.27. The van der Waals surface area contributed by atoms with Crippen molar-refractivity contribution in [1.82, 2.24) is 4.98 Å². The van der Waals surface area contributed by atoms with Gasteiger partial charge in [0.25, 0.3) is 0 Å². The van der Waals surface area contributed by atoms with Crippen molar-refractivity contribution in [3.8, 4) is 0 Å². The summed E-state index contributed by atoms with van der Waals surface area (Å²) in [6, 6.07) is 6.39. The van der Waals surface area contributed by atoms with Crippen LogP contribution in [0.5, 0.6) is 0 Å². The van der Waals surface area contributed by atoms with Crippen LogP contribution in [0, 0.1) is 0 Å². The van der Waals surface area contributed by atoms with Crippen LogP contribution in [0.4, 0.5) is 13.2 Å². The number of benzene rings is 1. The van der Waals surface area contributed by atoms with E-state index >= 15 is 0 Å². The molecule has 1 aromatic heterocycles. The third-order valence-electron chi connectivity index (χ3n) is 5.92. The molecule has 4 rings (SSSR count). The highest BCUT2D eigenvalue weighted by molar-refractivity contribution is 6.49. The Balaban J connectivity index is 1.65. The molecule has 1 aliphatic heterocycles. The summed E-state index contributed by atoms with van der Waals surface area (Å²) >= 11 is 0. The van der Waals surface area contributed by atoms with Gasteiger partial charge in [-0.1, -0.05) is 6.07 Å². The summed E-state index contributed by atoms with van der Waals surface area (Å²) in [7, 11) is -0.385. The molecule has 0 spiro atoms. The average molecular weight is 363 g/mol. The Hall–Kier alpha value is -1.60. The molecule has 2 atom stereocenters. The monoisotopic (exact) mass is 363 g/mol. The van der Waals surface area contributed by atoms with Gasteiger partial charge in [0, 0.05) is 17.4 Å². The van der Waals surface area contributed by atoms with Crippen LogP contribution in [0.3, 0.4) is 0 Å². The summed E-state index contributed by atoms with van der Waals surface area (Å²) in [6.07, 6.45) is -2.28. The standard InChI is InChI=1S/C19H21BF3NO2/c1-17(2)18(3,4)26-20(25-17)15-10-13(15)12-8-11-6-5-7-24-16(11)14(9-12)19(21,22)23/h5-9,13,15H,10H2,1-4H3/t13-,15+/m1/s1. The van der Waals surface area contributed by atoms with Crippen LogP contribution < -0.4 is 0 Å². The van der Waals surface area contributed by atoms with E-state index in [9.17, 15) is 13.2 Å². The summed E-state index contributed by atoms with van der Waals surface area (Å²) in [6.45, 7) is 7.92. The SMILES string of the molecule is CC1(C)OB([C@H]2C[C@@H]2c2cc(C(F)(F)F)c3ncccc3c2)OC1(C)C. The molecular formula is C19H21BF3NO2. The molecule has 1 aliphatic carbocycles. The highest BCUT2D eigenvalue weighted by Crippen LogP contribution is 2.59. The fourth-order valence-electron chi connectivity index (χ4n) is 3.61. The molecule has 0 bridgehead atoms. The van der Waals surface area contributed by atoms with Crippen molar-refractivity contribution in [2.75, 3.05) is 0 Å². The van der Waals surface area contributed by atoms with Gasteiger partial charge in [-0.25, -0.2) is 0 Å². The molecule has 0 radical (unpaired) electrons. The maximum atomic E-state index is 13.5. The number of nitrogens with zero attached hydrogens (tertiary/aromatic N) is 1. The first kappa shape index (κ1) is 17.8. The smallest absolute Gasteiger partial charge is 0.403 e. The van der Waals surface area contributed by atoms with Gasteiger partial charge < -0.3 is 9.31 Å². The van der Waals surface area contributed by atoms with E-state index in [-0.39, 0.29) is 24.4 Å². The Kier molecular flexibility index (Phi) is 3.74. The molecule has 1 saturated carbocycles. The summed E-state index contributed by atoms with van der Waals surface area (Å²) in [4.78, 5) is 3.93. The van der Waals surface area contributed by atoms with Crippen molar-refractivity contribution in [2.45, 2.75) is 63.2 Å². The fourth-order valence-corrected chi connectivity index (χ4v) is 3.61. The largest absolute Gasteiger partial charge is 0.461 e. The van der Waals surface area contributed by atoms with Gasteiger partial charge in [-0.3, -0.25) is 4.98 Å². The zero-order chi connectivity index (χ0) is 18.9. The minimum absolute atomic E-state index is 0.00316. The third kappa shape index (κ3) is 2.81. The van der Waals surface area contributed by atoms with Gasteiger partial charge in [0.15, 0.2) is 0 Å². The van der Waals surface area contributed by atoms with Crippen LogP contribution in [0.2, 0.25) is 5.82 Å². The van der Waals surface area contributed by atoms with Gasteiger partial charge in [0.2, 0.25) is 0 Å². The molecule has 3 nitrogen and oxygen atoms in total. The molecule has 1 saturated heterocycles. The van der Waals surface area contributed by atoms with Crippen LogP contribution in [0.1, 0.15) is 51.2 Å². The summed E-state index contributed by atoms with van der Waals surface area (Å²) < 4.78 is 52.6. The predicted octanol–water partition coefficient (Wildman–Crippen LogP) is 5.20. The summed E-state index contributed by atoms with van der Waals surface area (Å²) in [5.41, 5.74) is -0.871. The number of aromatic nitrogens is 1. The number of hydrogen-bond donors (Lipinski definition) is 0. The van der Waals surface area contributed by atoms with E-state index in [1.54, 1.807) is 12.1 Å². The highest BCUT2D eigenvalue weighted by atomic mass is 19.4. The van der Waals surface area contributed by atoms with Crippen molar-refractivity contribution in [3.63, 3.8) is 0 Å². The quantitative estimate of drug-likeness (QED) is 0.687. The van der Waals surface area contributed by atoms with E-state index in [4.69, 9.17) is 9.31 Å². The fraction of sp³-hybridized carbons (Fsp3) is 0.526. The molecule has 1 aromatic carbocycles. The summed E-state index contributed by atoms with van der Waals surface area (Å²) in [5.74, 6) is 0.0849. The first-order valence-electron chi connectivity index (χ1n) is 8.81. The third-order valence-corrected chi connectivity index (χ3v) is 5.92. The second-order valence-electron chi connectivity index (χ2n) is 8.27. The molecule has 26 heavy (non-hydrogen) atoms. The molecule has 0 N–H and O–H groups in total. The lowest BCUT2D eigenvalue weighted by atomic mass is 9.79. The first-order valence-corrected chi connectivity index (χ1v) is 8.81. The maximum absolute atomic E-state index is 13.5. The first-order chi connectivity index (χ1) is 12.0. The maximum Gasteiger partial charge on any atom is 0.461 e. The zero-order valence-electron chi connectivity index (χ0n) is 15.2. The highest BCUT2D eigenvalue weighted by Gasteiger charge is 2.60. The average Bonchev–Trinajstić information content (AvgIpc) is 3.28. The summed E-state index contributed by atoms with van der Waals surface area (Å²) in [5, 5.41) is 0.511. The topological polar surface area (TPSA) is 31.4 Å². The molecule has 0 amide bonds. The minimum atomic E-state index is -4.43. The molecule has 2 fully saturated rings. The van der Waals surface area contributed by atoms with Crippen molar-refractivity contribution in [1.29, 1.82) is 0 Å². The Morgan fingerprint density at radius 3 is 2.38 bits per heavy atom. The van der Waals surface area contributed by atoms with Gasteiger partial charge >= 0.3 is 13.3 Å². The predicted molar refractivity (Wildman–Crippen MR) is 93.9 cm³/mol. The van der Waals surface area contributed by atoms with Gasteiger partial charge in [0.1, 0.15) is 0 Å². The van der Waals surface area contributed by atoms with Crippen LogP contribution in [-0.2, 0) is 15.5 Å². The normalized spacial score (nSPS) is 27.1. The Morgan fingerprint density at radius 1 is 1.12 bits per heavy atom. The van der Waals surface area contributed by atoms with Gasteiger partial charge in [-0.2, -0.15) is 13.2 Å². The lowest BCUT2D eigenvalue weighted by Crippen LogP contribution is -2.41. The molecule has 7 heteroatoms. The van der Waals surface area contributed by atoms with Crippen molar-refractivity contribution in [3.05, 3.63) is 41.6 Å².